The molecule has 24 heavy (non-hydrogen) atoms. The topological polar surface area (TPSA) is 34.1 Å². The summed E-state index contributed by atoms with van der Waals surface area (Å²) >= 11 is 0. The number of fused-ring (bicyclic) bond motifs is 3. The van der Waals surface area contributed by atoms with Crippen LogP contribution >= 0.6 is 0 Å². The summed E-state index contributed by atoms with van der Waals surface area (Å²) in [6.45, 7) is 1.60. The monoisotopic (exact) mass is 316 g/mol. The van der Waals surface area contributed by atoms with Crippen LogP contribution in [0.4, 0.5) is 0 Å². The number of hydrogen-bond donors (Lipinski definition) is 0. The Bertz CT molecular complexity index is 922. The molecular formula is C22H20O2. The van der Waals surface area contributed by atoms with Crippen LogP contribution in [0, 0.1) is 5.41 Å². The predicted molar refractivity (Wildman–Crippen MR) is 92.8 cm³/mol. The zero-order valence-corrected chi connectivity index (χ0v) is 13.9. The number of rotatable bonds is 1. The largest absolute Gasteiger partial charge is 0.295 e. The number of benzene rings is 2. The van der Waals surface area contributed by atoms with E-state index in [9.17, 15) is 9.59 Å². The minimum absolute atomic E-state index is 0.0937. The zero-order valence-electron chi connectivity index (χ0n) is 13.9. The van der Waals surface area contributed by atoms with Crippen molar-refractivity contribution in [3.63, 3.8) is 0 Å². The second-order valence-electron chi connectivity index (χ2n) is 7.81. The van der Waals surface area contributed by atoms with Crippen molar-refractivity contribution >= 4 is 11.6 Å². The lowest BCUT2D eigenvalue weighted by Gasteiger charge is -2.20. The average molecular weight is 316 g/mol. The lowest BCUT2D eigenvalue weighted by molar-refractivity contribution is 0.0831. The van der Waals surface area contributed by atoms with Crippen LogP contribution in [0.15, 0.2) is 30.3 Å². The van der Waals surface area contributed by atoms with Gasteiger partial charge in [-0.3, -0.25) is 9.59 Å². The van der Waals surface area contributed by atoms with Crippen molar-refractivity contribution in [3.8, 4) is 0 Å². The number of ketones is 2. The second-order valence-corrected chi connectivity index (χ2v) is 7.81. The fourth-order valence-corrected chi connectivity index (χ4v) is 5.02. The lowest BCUT2D eigenvalue weighted by Crippen LogP contribution is -2.28. The SMILES string of the molecule is CC(=O)c1ccc2c(c1)CC1(C2)Cc2cc3c(cc2C1=O)CCC3. The van der Waals surface area contributed by atoms with Crippen molar-refractivity contribution in [2.24, 2.45) is 5.41 Å². The number of hydrogen-bond acceptors (Lipinski definition) is 2. The smallest absolute Gasteiger partial charge is 0.170 e. The van der Waals surface area contributed by atoms with Crippen LogP contribution < -0.4 is 0 Å². The third kappa shape index (κ3) is 1.83. The third-order valence-electron chi connectivity index (χ3n) is 6.24. The Labute approximate surface area is 141 Å². The van der Waals surface area contributed by atoms with E-state index in [1.54, 1.807) is 6.92 Å². The van der Waals surface area contributed by atoms with Crippen LogP contribution in [-0.4, -0.2) is 11.6 Å². The van der Waals surface area contributed by atoms with Crippen LogP contribution in [0.25, 0.3) is 0 Å². The molecule has 0 fully saturated rings. The summed E-state index contributed by atoms with van der Waals surface area (Å²) in [6.07, 6.45) is 5.95. The maximum Gasteiger partial charge on any atom is 0.170 e. The Morgan fingerprint density at radius 2 is 1.58 bits per heavy atom. The first-order valence-electron chi connectivity index (χ1n) is 8.88. The molecule has 3 aliphatic carbocycles. The quantitative estimate of drug-likeness (QED) is 0.748. The maximum atomic E-state index is 13.2. The van der Waals surface area contributed by atoms with E-state index < -0.39 is 0 Å². The normalized spacial score (nSPS) is 23.5. The molecule has 1 unspecified atom stereocenters. The van der Waals surface area contributed by atoms with Gasteiger partial charge in [0.15, 0.2) is 11.6 Å². The van der Waals surface area contributed by atoms with Gasteiger partial charge in [0.2, 0.25) is 0 Å². The summed E-state index contributed by atoms with van der Waals surface area (Å²) < 4.78 is 0. The van der Waals surface area contributed by atoms with Crippen molar-refractivity contribution in [2.45, 2.75) is 45.4 Å². The Morgan fingerprint density at radius 3 is 2.38 bits per heavy atom. The molecule has 5 rings (SSSR count). The van der Waals surface area contributed by atoms with Gasteiger partial charge in [0.1, 0.15) is 0 Å². The van der Waals surface area contributed by atoms with Gasteiger partial charge in [-0.05, 0) is 85.4 Å². The van der Waals surface area contributed by atoms with E-state index in [4.69, 9.17) is 0 Å². The molecule has 0 aliphatic heterocycles. The molecule has 2 nitrogen and oxygen atoms in total. The predicted octanol–water partition coefficient (Wildman–Crippen LogP) is 3.90. The van der Waals surface area contributed by atoms with Crippen LogP contribution in [0.1, 0.15) is 61.9 Å². The summed E-state index contributed by atoms with van der Waals surface area (Å²) in [5.41, 5.74) is 7.95. The van der Waals surface area contributed by atoms with Gasteiger partial charge in [-0.1, -0.05) is 18.2 Å². The highest BCUT2D eigenvalue weighted by molar-refractivity contribution is 6.06. The molecule has 0 amide bonds. The highest BCUT2D eigenvalue weighted by Crippen LogP contribution is 2.48. The highest BCUT2D eigenvalue weighted by atomic mass is 16.1. The minimum Gasteiger partial charge on any atom is -0.295 e. The van der Waals surface area contributed by atoms with Crippen LogP contribution in [0.3, 0.4) is 0 Å². The Balaban J connectivity index is 1.54. The summed E-state index contributed by atoms with van der Waals surface area (Å²) in [6, 6.07) is 10.4. The van der Waals surface area contributed by atoms with Crippen LogP contribution in [0.2, 0.25) is 0 Å². The highest BCUT2D eigenvalue weighted by Gasteiger charge is 2.49. The molecule has 120 valence electrons. The van der Waals surface area contributed by atoms with E-state index in [0.717, 1.165) is 43.2 Å². The minimum atomic E-state index is -0.296. The zero-order chi connectivity index (χ0) is 16.5. The summed E-state index contributed by atoms with van der Waals surface area (Å²) in [5, 5.41) is 0. The summed E-state index contributed by atoms with van der Waals surface area (Å²) in [5.74, 6) is 0.420. The molecule has 0 saturated carbocycles. The number of carbonyl (C=O) groups is 2. The van der Waals surface area contributed by atoms with E-state index in [2.05, 4.69) is 18.2 Å². The molecule has 1 atom stereocenters. The fourth-order valence-electron chi connectivity index (χ4n) is 5.02. The molecule has 3 aliphatic rings. The molecule has 2 heteroatoms. The van der Waals surface area contributed by atoms with Crippen molar-refractivity contribution in [1.82, 2.24) is 0 Å². The number of Topliss-reactive ketones (excluding diaryl/α,β-unsaturated/α-hetero) is 2. The van der Waals surface area contributed by atoms with Crippen molar-refractivity contribution in [2.75, 3.05) is 0 Å². The van der Waals surface area contributed by atoms with Gasteiger partial charge >= 0.3 is 0 Å². The third-order valence-corrected chi connectivity index (χ3v) is 6.24. The van der Waals surface area contributed by atoms with E-state index in [-0.39, 0.29) is 11.2 Å². The average Bonchev–Trinajstić information content (AvgIpc) is 3.21. The Hall–Kier alpha value is -2.22. The van der Waals surface area contributed by atoms with Crippen molar-refractivity contribution in [1.29, 1.82) is 0 Å². The van der Waals surface area contributed by atoms with Gasteiger partial charge < -0.3 is 0 Å². The van der Waals surface area contributed by atoms with Gasteiger partial charge in [0, 0.05) is 16.5 Å². The first-order valence-corrected chi connectivity index (χ1v) is 8.88. The maximum absolute atomic E-state index is 13.2. The lowest BCUT2D eigenvalue weighted by atomic mass is 9.81. The summed E-state index contributed by atoms with van der Waals surface area (Å²) in [7, 11) is 0. The van der Waals surface area contributed by atoms with Crippen LogP contribution in [-0.2, 0) is 32.1 Å². The Kier molecular flexibility index (Phi) is 2.75. The molecule has 2 aromatic rings. The van der Waals surface area contributed by atoms with Crippen LogP contribution in [0.5, 0.6) is 0 Å². The molecule has 0 N–H and O–H groups in total. The van der Waals surface area contributed by atoms with Crippen molar-refractivity contribution in [3.05, 3.63) is 69.3 Å². The van der Waals surface area contributed by atoms with E-state index in [1.807, 2.05) is 12.1 Å². The summed E-state index contributed by atoms with van der Waals surface area (Å²) in [4.78, 5) is 24.9. The molecule has 0 aromatic heterocycles. The molecule has 1 spiro atoms. The van der Waals surface area contributed by atoms with Gasteiger partial charge in [0.05, 0.1) is 0 Å². The van der Waals surface area contributed by atoms with Gasteiger partial charge in [-0.2, -0.15) is 0 Å². The Morgan fingerprint density at radius 1 is 0.875 bits per heavy atom. The molecule has 2 aromatic carbocycles. The van der Waals surface area contributed by atoms with E-state index in [1.165, 1.54) is 34.2 Å². The van der Waals surface area contributed by atoms with E-state index >= 15 is 0 Å². The molecule has 0 radical (unpaired) electrons. The molecule has 0 saturated heterocycles. The molecular weight excluding hydrogens is 296 g/mol. The second kappa shape index (κ2) is 4.66. The first kappa shape index (κ1) is 14.2. The first-order chi connectivity index (χ1) is 11.6. The van der Waals surface area contributed by atoms with E-state index in [0.29, 0.717) is 5.78 Å². The van der Waals surface area contributed by atoms with Crippen molar-refractivity contribution < 1.29 is 9.59 Å². The number of carbonyl (C=O) groups excluding carboxylic acids is 2. The standard InChI is InChI=1S/C22H20O2/c1-13(23)14-5-6-17-10-22(11-18(17)7-14)12-19-8-15-3-2-4-16(15)9-20(19)21(22)24/h5-9H,2-4,10-12H2,1H3. The molecule has 0 bridgehead atoms. The van der Waals surface area contributed by atoms with Gasteiger partial charge in [0.25, 0.3) is 0 Å². The van der Waals surface area contributed by atoms with Gasteiger partial charge in [-0.15, -0.1) is 0 Å². The number of aryl methyl sites for hydroxylation is 2. The van der Waals surface area contributed by atoms with Gasteiger partial charge in [-0.25, -0.2) is 0 Å². The fraction of sp³-hybridized carbons (Fsp3) is 0.364. The molecule has 0 heterocycles.